The third kappa shape index (κ3) is 3.77. The minimum Gasteiger partial charge on any atom is -0.502 e. The van der Waals surface area contributed by atoms with Gasteiger partial charge in [0, 0.05) is 17.8 Å². The number of ether oxygens (including phenoxy) is 1. The lowest BCUT2D eigenvalue weighted by molar-refractivity contribution is -0.385. The zero-order valence-electron chi connectivity index (χ0n) is 13.1. The number of anilines is 1. The largest absolute Gasteiger partial charge is 0.502 e. The first-order valence-corrected chi connectivity index (χ1v) is 7.12. The average Bonchev–Trinajstić information content (AvgIpc) is 2.53. The van der Waals surface area contributed by atoms with Crippen LogP contribution in [0.3, 0.4) is 0 Å². The summed E-state index contributed by atoms with van der Waals surface area (Å²) in [7, 11) is 0. The fourth-order valence-corrected chi connectivity index (χ4v) is 2.34. The molecule has 8 nitrogen and oxygen atoms in total. The van der Waals surface area contributed by atoms with Gasteiger partial charge in [-0.05, 0) is 39.2 Å². The zero-order valence-corrected chi connectivity index (χ0v) is 13.1. The Hall–Kier alpha value is -2.64. The molecule has 1 aliphatic rings. The first kappa shape index (κ1) is 16.7. The summed E-state index contributed by atoms with van der Waals surface area (Å²) in [5, 5.41) is 23.1. The summed E-state index contributed by atoms with van der Waals surface area (Å²) in [6.07, 6.45) is 0.453. The number of carbonyl (C=O) groups is 2. The number of phenolic OH excluding ortho intramolecular Hbond substituents is 1. The molecule has 1 atom stereocenters. The lowest BCUT2D eigenvalue weighted by atomic mass is 10.00. The van der Waals surface area contributed by atoms with E-state index in [-0.39, 0.29) is 18.5 Å². The lowest BCUT2D eigenvalue weighted by Gasteiger charge is -2.22. The minimum atomic E-state index is -0.997. The van der Waals surface area contributed by atoms with Gasteiger partial charge in [-0.25, -0.2) is 0 Å². The second-order valence-corrected chi connectivity index (χ2v) is 6.37. The number of nitro benzene ring substituents is 1. The molecule has 0 aromatic heterocycles. The number of nitrogens with one attached hydrogen (secondary N) is 1. The smallest absolute Gasteiger partial charge is 0.319 e. The molecular weight excluding hydrogens is 304 g/mol. The Morgan fingerprint density at radius 3 is 2.65 bits per heavy atom. The molecule has 124 valence electrons. The number of rotatable bonds is 2. The first-order valence-electron chi connectivity index (χ1n) is 7.12. The highest BCUT2D eigenvalue weighted by Gasteiger charge is 2.34. The molecule has 1 aromatic rings. The standard InChI is InChI=1S/C15H18N2O6/c1-15(2,3)23-14(20)9-5-4-8-6-11(17(21)22)12(18)7-10(8)16-13(9)19/h6-7,9,18H,4-5H2,1-3H3,(H,16,19)/t9-/m0/s1. The predicted molar refractivity (Wildman–Crippen MR) is 81.0 cm³/mol. The highest BCUT2D eigenvalue weighted by Crippen LogP contribution is 2.35. The number of nitro groups is 1. The van der Waals surface area contributed by atoms with Crippen LogP contribution < -0.4 is 5.32 Å². The number of carbonyl (C=O) groups excluding carboxylic acids is 2. The van der Waals surface area contributed by atoms with Gasteiger partial charge in [0.05, 0.1) is 4.92 Å². The van der Waals surface area contributed by atoms with Crippen LogP contribution in [0, 0.1) is 16.0 Å². The van der Waals surface area contributed by atoms with E-state index in [0.29, 0.717) is 5.56 Å². The van der Waals surface area contributed by atoms with Gasteiger partial charge in [-0.2, -0.15) is 0 Å². The maximum absolute atomic E-state index is 12.2. The molecule has 0 radical (unpaired) electrons. The SMILES string of the molecule is CC(C)(C)OC(=O)[C@H]1CCc2cc([N+](=O)[O-])c(O)cc2NC1=O. The van der Waals surface area contributed by atoms with Crippen molar-refractivity contribution in [3.05, 3.63) is 27.8 Å². The number of aromatic hydroxyl groups is 1. The summed E-state index contributed by atoms with van der Waals surface area (Å²) in [5.41, 5.74) is -0.389. The van der Waals surface area contributed by atoms with Crippen LogP contribution in [0.1, 0.15) is 32.8 Å². The number of nitrogens with zero attached hydrogens (tertiary/aromatic N) is 1. The Kier molecular flexibility index (Phi) is 4.26. The van der Waals surface area contributed by atoms with Gasteiger partial charge in [0.2, 0.25) is 5.91 Å². The fourth-order valence-electron chi connectivity index (χ4n) is 2.34. The van der Waals surface area contributed by atoms with Crippen LogP contribution in [-0.4, -0.2) is 27.5 Å². The van der Waals surface area contributed by atoms with Crippen molar-refractivity contribution >= 4 is 23.3 Å². The highest BCUT2D eigenvalue weighted by molar-refractivity contribution is 6.06. The topological polar surface area (TPSA) is 119 Å². The van der Waals surface area contributed by atoms with E-state index in [9.17, 15) is 24.8 Å². The molecule has 8 heteroatoms. The minimum absolute atomic E-state index is 0.176. The van der Waals surface area contributed by atoms with Crippen molar-refractivity contribution in [2.45, 2.75) is 39.2 Å². The van der Waals surface area contributed by atoms with Crippen LogP contribution in [-0.2, 0) is 20.7 Å². The summed E-state index contributed by atoms with van der Waals surface area (Å²) < 4.78 is 5.23. The van der Waals surface area contributed by atoms with E-state index in [1.54, 1.807) is 20.8 Å². The third-order valence-electron chi connectivity index (χ3n) is 3.37. The van der Waals surface area contributed by atoms with E-state index in [0.717, 1.165) is 6.07 Å². The predicted octanol–water partition coefficient (Wildman–Crippen LogP) is 2.14. The van der Waals surface area contributed by atoms with Gasteiger partial charge < -0.3 is 15.2 Å². The number of benzene rings is 1. The summed E-state index contributed by atoms with van der Waals surface area (Å²) in [6, 6.07) is 2.34. The highest BCUT2D eigenvalue weighted by atomic mass is 16.6. The number of hydrogen-bond acceptors (Lipinski definition) is 6. The van der Waals surface area contributed by atoms with E-state index < -0.39 is 39.8 Å². The van der Waals surface area contributed by atoms with Crippen LogP contribution in [0.4, 0.5) is 11.4 Å². The number of phenols is 1. The van der Waals surface area contributed by atoms with E-state index >= 15 is 0 Å². The molecule has 0 spiro atoms. The van der Waals surface area contributed by atoms with Crippen LogP contribution in [0.25, 0.3) is 0 Å². The number of aryl methyl sites for hydroxylation is 1. The van der Waals surface area contributed by atoms with Gasteiger partial charge in [0.15, 0.2) is 5.75 Å². The molecule has 0 unspecified atom stereocenters. The summed E-state index contributed by atoms with van der Waals surface area (Å²) in [6.45, 7) is 5.11. The summed E-state index contributed by atoms with van der Waals surface area (Å²) in [5.74, 6) is -2.72. The molecule has 0 fully saturated rings. The average molecular weight is 322 g/mol. The molecule has 1 amide bonds. The van der Waals surface area contributed by atoms with Crippen molar-refractivity contribution in [2.75, 3.05) is 5.32 Å². The Morgan fingerprint density at radius 2 is 2.09 bits per heavy atom. The van der Waals surface area contributed by atoms with Gasteiger partial charge >= 0.3 is 11.7 Å². The number of hydrogen-bond donors (Lipinski definition) is 2. The third-order valence-corrected chi connectivity index (χ3v) is 3.37. The summed E-state index contributed by atoms with van der Waals surface area (Å²) in [4.78, 5) is 34.5. The summed E-state index contributed by atoms with van der Waals surface area (Å²) >= 11 is 0. The molecule has 0 saturated carbocycles. The van der Waals surface area contributed by atoms with Crippen molar-refractivity contribution in [3.63, 3.8) is 0 Å². The Bertz CT molecular complexity index is 677. The van der Waals surface area contributed by atoms with Crippen LogP contribution in [0.5, 0.6) is 5.75 Å². The second kappa shape index (κ2) is 5.86. The molecule has 1 aromatic carbocycles. The number of esters is 1. The second-order valence-electron chi connectivity index (χ2n) is 6.37. The number of amides is 1. The van der Waals surface area contributed by atoms with Gasteiger partial charge in [0.25, 0.3) is 0 Å². The first-order chi connectivity index (χ1) is 10.6. The van der Waals surface area contributed by atoms with Gasteiger partial charge in [0.1, 0.15) is 11.5 Å². The molecule has 2 rings (SSSR count). The Morgan fingerprint density at radius 1 is 1.43 bits per heavy atom. The molecular formula is C15H18N2O6. The van der Waals surface area contributed by atoms with E-state index in [4.69, 9.17) is 4.74 Å². The molecule has 0 aliphatic carbocycles. The van der Waals surface area contributed by atoms with Crippen LogP contribution >= 0.6 is 0 Å². The maximum Gasteiger partial charge on any atom is 0.319 e. The Balaban J connectivity index is 2.27. The van der Waals surface area contributed by atoms with Crippen molar-refractivity contribution in [1.29, 1.82) is 0 Å². The quantitative estimate of drug-likeness (QED) is 0.373. The fraction of sp³-hybridized carbons (Fsp3) is 0.467. The van der Waals surface area contributed by atoms with E-state index in [1.165, 1.54) is 6.07 Å². The Labute approximate surface area is 132 Å². The monoisotopic (exact) mass is 322 g/mol. The molecule has 2 N–H and O–H groups in total. The van der Waals surface area contributed by atoms with E-state index in [1.807, 2.05) is 0 Å². The van der Waals surface area contributed by atoms with Crippen molar-refractivity contribution in [3.8, 4) is 5.75 Å². The van der Waals surface area contributed by atoms with Gasteiger partial charge in [-0.1, -0.05) is 0 Å². The van der Waals surface area contributed by atoms with Crippen LogP contribution in [0.2, 0.25) is 0 Å². The molecule has 1 heterocycles. The zero-order chi connectivity index (χ0) is 17.4. The van der Waals surface area contributed by atoms with Crippen molar-refractivity contribution in [2.24, 2.45) is 5.92 Å². The molecule has 23 heavy (non-hydrogen) atoms. The van der Waals surface area contributed by atoms with Crippen LogP contribution in [0.15, 0.2) is 12.1 Å². The molecule has 1 aliphatic heterocycles. The van der Waals surface area contributed by atoms with E-state index in [2.05, 4.69) is 5.32 Å². The number of fused-ring (bicyclic) bond motifs is 1. The van der Waals surface area contributed by atoms with Crippen molar-refractivity contribution < 1.29 is 24.4 Å². The molecule has 0 saturated heterocycles. The van der Waals surface area contributed by atoms with Crippen molar-refractivity contribution in [1.82, 2.24) is 0 Å². The van der Waals surface area contributed by atoms with Gasteiger partial charge in [-0.15, -0.1) is 0 Å². The maximum atomic E-state index is 12.2. The normalized spacial score (nSPS) is 17.7. The lowest BCUT2D eigenvalue weighted by Crippen LogP contribution is -2.35. The molecule has 0 bridgehead atoms. The van der Waals surface area contributed by atoms with Gasteiger partial charge in [-0.3, -0.25) is 19.7 Å².